The summed E-state index contributed by atoms with van der Waals surface area (Å²) in [5.41, 5.74) is 7.70. The Morgan fingerprint density at radius 3 is 2.95 bits per heavy atom. The van der Waals surface area contributed by atoms with Gasteiger partial charge >= 0.3 is 0 Å². The number of aromatic nitrogens is 4. The van der Waals surface area contributed by atoms with Gasteiger partial charge in [0.2, 0.25) is 11.0 Å². The number of rotatable bonds is 4. The Hall–Kier alpha value is -1.61. The van der Waals surface area contributed by atoms with Crippen molar-refractivity contribution < 1.29 is 4.79 Å². The number of likely N-dealkylation sites (tertiary alicyclic amines) is 1. The van der Waals surface area contributed by atoms with Crippen LogP contribution in [0.25, 0.3) is 0 Å². The van der Waals surface area contributed by atoms with Crippen LogP contribution < -0.4 is 5.73 Å². The molecule has 1 saturated heterocycles. The summed E-state index contributed by atoms with van der Waals surface area (Å²) in [7, 11) is 0. The number of aryl methyl sites for hydroxylation is 2. The molecule has 2 aromatic rings. The van der Waals surface area contributed by atoms with Gasteiger partial charge in [-0.3, -0.25) is 9.48 Å². The topological polar surface area (TPSA) is 89.9 Å². The molecule has 0 saturated carbocycles. The van der Waals surface area contributed by atoms with Crippen molar-refractivity contribution in [3.05, 3.63) is 17.5 Å². The molecule has 1 fully saturated rings. The van der Waals surface area contributed by atoms with Gasteiger partial charge in [-0.2, -0.15) is 5.10 Å². The Morgan fingerprint density at radius 1 is 1.50 bits per heavy atom. The highest BCUT2D eigenvalue weighted by atomic mass is 32.2. The molecule has 9 heteroatoms. The van der Waals surface area contributed by atoms with Crippen LogP contribution in [0.2, 0.25) is 0 Å². The molecule has 1 atom stereocenters. The molecule has 1 amide bonds. The third-order valence-electron chi connectivity index (χ3n) is 3.65. The second-order valence-electron chi connectivity index (χ2n) is 5.35. The zero-order chi connectivity index (χ0) is 15.7. The lowest BCUT2D eigenvalue weighted by atomic mass is 10.2. The first-order chi connectivity index (χ1) is 10.5. The van der Waals surface area contributed by atoms with E-state index in [0.717, 1.165) is 35.2 Å². The maximum atomic E-state index is 12.3. The fourth-order valence-electron chi connectivity index (χ4n) is 2.68. The second-order valence-corrected chi connectivity index (χ2v) is 7.58. The molecule has 22 heavy (non-hydrogen) atoms. The summed E-state index contributed by atoms with van der Waals surface area (Å²) in [6.07, 6.45) is 0.949. The molecule has 0 radical (unpaired) electrons. The molecule has 2 N–H and O–H groups in total. The van der Waals surface area contributed by atoms with Crippen molar-refractivity contribution >= 4 is 34.1 Å². The van der Waals surface area contributed by atoms with E-state index in [-0.39, 0.29) is 11.9 Å². The summed E-state index contributed by atoms with van der Waals surface area (Å²) in [5.74, 6) is 0.501. The fraction of sp³-hybridized carbons (Fsp3) is 0.538. The minimum absolute atomic E-state index is 0.128. The first-order valence-electron chi connectivity index (χ1n) is 7.05. The van der Waals surface area contributed by atoms with Crippen LogP contribution in [0.3, 0.4) is 0 Å². The third-order valence-corrected chi connectivity index (χ3v) is 5.52. The molecule has 1 aliphatic rings. The van der Waals surface area contributed by atoms with E-state index in [1.807, 2.05) is 16.5 Å². The van der Waals surface area contributed by atoms with Gasteiger partial charge in [-0.25, -0.2) is 0 Å². The van der Waals surface area contributed by atoms with Gasteiger partial charge in [0, 0.05) is 18.8 Å². The lowest BCUT2D eigenvalue weighted by molar-refractivity contribution is -0.127. The van der Waals surface area contributed by atoms with Crippen molar-refractivity contribution in [2.24, 2.45) is 0 Å². The van der Waals surface area contributed by atoms with Crippen LogP contribution in [0.1, 0.15) is 23.9 Å². The fourth-order valence-corrected chi connectivity index (χ4v) is 4.22. The van der Waals surface area contributed by atoms with Gasteiger partial charge < -0.3 is 10.6 Å². The third kappa shape index (κ3) is 3.25. The van der Waals surface area contributed by atoms with Gasteiger partial charge in [0.25, 0.3) is 0 Å². The van der Waals surface area contributed by atoms with Crippen molar-refractivity contribution in [2.45, 2.75) is 30.6 Å². The van der Waals surface area contributed by atoms with Crippen LogP contribution in [0.4, 0.5) is 5.13 Å². The molecule has 118 valence electrons. The number of nitrogens with two attached hydrogens (primary N) is 1. The van der Waals surface area contributed by atoms with E-state index in [2.05, 4.69) is 28.3 Å². The van der Waals surface area contributed by atoms with Crippen molar-refractivity contribution in [3.8, 4) is 0 Å². The molecule has 7 nitrogen and oxygen atoms in total. The zero-order valence-electron chi connectivity index (χ0n) is 12.5. The molecule has 0 aliphatic carbocycles. The first-order valence-corrected chi connectivity index (χ1v) is 8.85. The predicted octanol–water partition coefficient (Wildman–Crippen LogP) is 1.50. The average Bonchev–Trinajstić information content (AvgIpc) is 3.16. The Morgan fingerprint density at radius 2 is 2.32 bits per heavy atom. The van der Waals surface area contributed by atoms with E-state index < -0.39 is 0 Å². The summed E-state index contributed by atoms with van der Waals surface area (Å²) in [4.78, 5) is 14.2. The number of carbonyl (C=O) groups is 1. The summed E-state index contributed by atoms with van der Waals surface area (Å²) in [6.45, 7) is 5.55. The number of nitrogens with zero attached hydrogens (tertiary/aromatic N) is 5. The van der Waals surface area contributed by atoms with Crippen LogP contribution in [-0.4, -0.2) is 49.6 Å². The second kappa shape index (κ2) is 6.25. The summed E-state index contributed by atoms with van der Waals surface area (Å²) in [5, 5.41) is 12.6. The normalized spacial score (nSPS) is 18.1. The van der Waals surface area contributed by atoms with E-state index in [1.54, 1.807) is 0 Å². The highest BCUT2D eigenvalue weighted by Gasteiger charge is 2.28. The molecule has 0 bridgehead atoms. The molecular formula is C13H18N6OS2. The van der Waals surface area contributed by atoms with Crippen LogP contribution in [-0.2, 0) is 4.79 Å². The number of anilines is 1. The predicted molar refractivity (Wildman–Crippen MR) is 87.0 cm³/mol. The molecule has 3 rings (SSSR count). The number of hydrogen-bond acceptors (Lipinski definition) is 7. The van der Waals surface area contributed by atoms with Crippen LogP contribution in [0.15, 0.2) is 10.4 Å². The van der Waals surface area contributed by atoms with Gasteiger partial charge in [0.1, 0.15) is 0 Å². The minimum Gasteiger partial charge on any atom is -0.374 e. The SMILES string of the molecule is Cc1cc(C)n(C2CCN(C(=O)CSc3nnc(N)s3)C2)n1. The number of nitrogen functional groups attached to an aromatic ring is 1. The maximum absolute atomic E-state index is 12.3. The maximum Gasteiger partial charge on any atom is 0.233 e. The van der Waals surface area contributed by atoms with Crippen molar-refractivity contribution in [3.63, 3.8) is 0 Å². The van der Waals surface area contributed by atoms with Crippen molar-refractivity contribution in [1.29, 1.82) is 0 Å². The van der Waals surface area contributed by atoms with Crippen molar-refractivity contribution in [2.75, 3.05) is 24.6 Å². The van der Waals surface area contributed by atoms with E-state index in [0.29, 0.717) is 10.9 Å². The smallest absolute Gasteiger partial charge is 0.233 e. The molecule has 1 aliphatic heterocycles. The minimum atomic E-state index is 0.128. The Labute approximate surface area is 136 Å². The lowest BCUT2D eigenvalue weighted by Gasteiger charge is -2.17. The highest BCUT2D eigenvalue weighted by Crippen LogP contribution is 2.26. The van der Waals surface area contributed by atoms with Gasteiger partial charge in [0.05, 0.1) is 17.5 Å². The average molecular weight is 338 g/mol. The van der Waals surface area contributed by atoms with E-state index in [4.69, 9.17) is 5.73 Å². The van der Waals surface area contributed by atoms with Gasteiger partial charge in [0.15, 0.2) is 4.34 Å². The summed E-state index contributed by atoms with van der Waals surface area (Å²) < 4.78 is 2.78. The first kappa shape index (κ1) is 15.3. The zero-order valence-corrected chi connectivity index (χ0v) is 14.2. The van der Waals surface area contributed by atoms with Gasteiger partial charge in [-0.15, -0.1) is 10.2 Å². The van der Waals surface area contributed by atoms with Crippen LogP contribution >= 0.6 is 23.1 Å². The molecule has 0 aromatic carbocycles. The number of thioether (sulfide) groups is 1. The number of carbonyl (C=O) groups excluding carboxylic acids is 1. The largest absolute Gasteiger partial charge is 0.374 e. The summed E-state index contributed by atoms with van der Waals surface area (Å²) in [6, 6.07) is 2.35. The quantitative estimate of drug-likeness (QED) is 0.850. The Balaban J connectivity index is 1.55. The monoisotopic (exact) mass is 338 g/mol. The molecule has 0 spiro atoms. The highest BCUT2D eigenvalue weighted by molar-refractivity contribution is 8.01. The number of amides is 1. The molecule has 2 aromatic heterocycles. The van der Waals surface area contributed by atoms with Gasteiger partial charge in [-0.1, -0.05) is 23.1 Å². The van der Waals surface area contributed by atoms with Crippen LogP contribution in [0, 0.1) is 13.8 Å². The molecule has 3 heterocycles. The van der Waals surface area contributed by atoms with Crippen molar-refractivity contribution in [1.82, 2.24) is 24.9 Å². The van der Waals surface area contributed by atoms with E-state index in [1.165, 1.54) is 23.1 Å². The van der Waals surface area contributed by atoms with E-state index in [9.17, 15) is 4.79 Å². The molecule has 1 unspecified atom stereocenters. The standard InChI is InChI=1S/C13H18N6OS2/c1-8-5-9(2)19(17-8)10-3-4-18(6-10)11(20)7-21-13-16-15-12(14)22-13/h5,10H,3-4,6-7H2,1-2H3,(H2,14,15). The van der Waals surface area contributed by atoms with E-state index >= 15 is 0 Å². The number of hydrogen-bond donors (Lipinski definition) is 1. The van der Waals surface area contributed by atoms with Gasteiger partial charge in [-0.05, 0) is 26.3 Å². The summed E-state index contributed by atoms with van der Waals surface area (Å²) >= 11 is 2.70. The Bertz CT molecular complexity index is 682. The molecular weight excluding hydrogens is 320 g/mol. The van der Waals surface area contributed by atoms with Crippen LogP contribution in [0.5, 0.6) is 0 Å². The Kier molecular flexibility index (Phi) is 4.34. The lowest BCUT2D eigenvalue weighted by Crippen LogP contribution is -2.30.